The van der Waals surface area contributed by atoms with E-state index >= 15 is 0 Å². The molecule has 0 bridgehead atoms. The molecule has 19 heavy (non-hydrogen) atoms. The van der Waals surface area contributed by atoms with E-state index in [1.165, 1.54) is 11.1 Å². The van der Waals surface area contributed by atoms with E-state index in [1.54, 1.807) is 11.3 Å². The van der Waals surface area contributed by atoms with Gasteiger partial charge in [0.2, 0.25) is 0 Å². The molecule has 1 unspecified atom stereocenters. The van der Waals surface area contributed by atoms with Crippen LogP contribution in [0.4, 0.5) is 0 Å². The molecule has 4 heteroatoms. The highest BCUT2D eigenvalue weighted by atomic mass is 127. The van der Waals surface area contributed by atoms with E-state index in [1.807, 2.05) is 0 Å². The molecular weight excluding hydrogens is 389 g/mol. The van der Waals surface area contributed by atoms with E-state index in [-0.39, 0.29) is 0 Å². The number of hydrogen-bond donors (Lipinski definition) is 1. The third kappa shape index (κ3) is 4.45. The number of nitrogens with one attached hydrogen (secondary N) is 1. The summed E-state index contributed by atoms with van der Waals surface area (Å²) >= 11 is 10.3. The van der Waals surface area contributed by atoms with Crippen LogP contribution < -0.4 is 5.32 Å². The van der Waals surface area contributed by atoms with Gasteiger partial charge in [-0.1, -0.05) is 24.6 Å². The summed E-state index contributed by atoms with van der Waals surface area (Å²) in [6.45, 7) is 3.22. The quantitative estimate of drug-likeness (QED) is 0.644. The van der Waals surface area contributed by atoms with Crippen LogP contribution in [0.2, 0.25) is 5.02 Å². The van der Waals surface area contributed by atoms with E-state index in [0.29, 0.717) is 6.04 Å². The molecule has 2 aromatic rings. The Morgan fingerprint density at radius 3 is 2.84 bits per heavy atom. The van der Waals surface area contributed by atoms with E-state index in [9.17, 15) is 0 Å². The summed E-state index contributed by atoms with van der Waals surface area (Å²) in [5.41, 5.74) is 2.65. The standard InChI is InChI=1S/C15H17ClINS/c1-2-6-18-15(8-11-5-7-19-10-11)12-3-4-14(17)13(16)9-12/h3-5,7,9-10,15,18H,2,6,8H2,1H3. The average molecular weight is 406 g/mol. The molecule has 0 aliphatic rings. The molecule has 0 amide bonds. The van der Waals surface area contributed by atoms with Gasteiger partial charge in [0.15, 0.2) is 0 Å². The minimum atomic E-state index is 0.337. The normalized spacial score (nSPS) is 12.6. The maximum atomic E-state index is 6.24. The van der Waals surface area contributed by atoms with Crippen molar-refractivity contribution in [2.45, 2.75) is 25.8 Å². The number of thiophene rings is 1. The molecule has 0 radical (unpaired) electrons. The van der Waals surface area contributed by atoms with Gasteiger partial charge in [0, 0.05) is 9.61 Å². The fourth-order valence-corrected chi connectivity index (χ4v) is 3.21. The summed E-state index contributed by atoms with van der Waals surface area (Å²) in [5.74, 6) is 0. The Morgan fingerprint density at radius 2 is 2.21 bits per heavy atom. The molecule has 2 rings (SSSR count). The van der Waals surface area contributed by atoms with Crippen LogP contribution in [0.25, 0.3) is 0 Å². The summed E-state index contributed by atoms with van der Waals surface area (Å²) in [6, 6.07) is 8.88. The van der Waals surface area contributed by atoms with Crippen LogP contribution in [0.3, 0.4) is 0 Å². The second-order valence-corrected chi connectivity index (χ2v) is 6.87. The van der Waals surface area contributed by atoms with Crippen molar-refractivity contribution in [1.29, 1.82) is 0 Å². The zero-order chi connectivity index (χ0) is 13.7. The largest absolute Gasteiger partial charge is 0.310 e. The smallest absolute Gasteiger partial charge is 0.0542 e. The molecule has 0 saturated carbocycles. The third-order valence-electron chi connectivity index (χ3n) is 3.01. The fraction of sp³-hybridized carbons (Fsp3) is 0.333. The molecule has 0 fully saturated rings. The van der Waals surface area contributed by atoms with Crippen molar-refractivity contribution in [1.82, 2.24) is 5.32 Å². The summed E-state index contributed by atoms with van der Waals surface area (Å²) < 4.78 is 1.10. The van der Waals surface area contributed by atoms with Gasteiger partial charge in [-0.15, -0.1) is 0 Å². The Labute approximate surface area is 137 Å². The lowest BCUT2D eigenvalue weighted by molar-refractivity contribution is 0.530. The zero-order valence-electron chi connectivity index (χ0n) is 10.8. The van der Waals surface area contributed by atoms with Crippen molar-refractivity contribution < 1.29 is 0 Å². The fourth-order valence-electron chi connectivity index (χ4n) is 2.00. The van der Waals surface area contributed by atoms with Gasteiger partial charge in [-0.2, -0.15) is 11.3 Å². The van der Waals surface area contributed by atoms with E-state index in [0.717, 1.165) is 28.0 Å². The first-order valence-electron chi connectivity index (χ1n) is 6.40. The van der Waals surface area contributed by atoms with Gasteiger partial charge in [-0.3, -0.25) is 0 Å². The van der Waals surface area contributed by atoms with Gasteiger partial charge >= 0.3 is 0 Å². The van der Waals surface area contributed by atoms with Crippen molar-refractivity contribution in [3.63, 3.8) is 0 Å². The van der Waals surface area contributed by atoms with E-state index < -0.39 is 0 Å². The first kappa shape index (κ1) is 15.3. The molecule has 0 aliphatic carbocycles. The number of rotatable bonds is 6. The summed E-state index contributed by atoms with van der Waals surface area (Å²) in [5, 5.41) is 8.80. The van der Waals surface area contributed by atoms with Crippen LogP contribution in [0, 0.1) is 3.57 Å². The Kier molecular flexibility index (Phi) is 6.13. The molecule has 1 nitrogen and oxygen atoms in total. The maximum absolute atomic E-state index is 6.24. The number of benzene rings is 1. The second-order valence-electron chi connectivity index (χ2n) is 4.52. The van der Waals surface area contributed by atoms with E-state index in [2.05, 4.69) is 69.9 Å². The molecule has 102 valence electrons. The average Bonchev–Trinajstić information content (AvgIpc) is 2.91. The highest BCUT2D eigenvalue weighted by Crippen LogP contribution is 2.26. The number of hydrogen-bond acceptors (Lipinski definition) is 2. The molecule has 1 aromatic carbocycles. The van der Waals surface area contributed by atoms with Gasteiger partial charge in [-0.05, 0) is 82.1 Å². The summed E-state index contributed by atoms with van der Waals surface area (Å²) in [7, 11) is 0. The Bertz CT molecular complexity index is 513. The van der Waals surface area contributed by atoms with Gasteiger partial charge in [-0.25, -0.2) is 0 Å². The lowest BCUT2D eigenvalue weighted by Gasteiger charge is -2.19. The molecule has 0 spiro atoms. The first-order chi connectivity index (χ1) is 9.20. The van der Waals surface area contributed by atoms with Crippen LogP contribution in [0.15, 0.2) is 35.0 Å². The number of halogens is 2. The molecule has 1 heterocycles. The van der Waals surface area contributed by atoms with Crippen molar-refractivity contribution in [3.05, 3.63) is 54.7 Å². The maximum Gasteiger partial charge on any atom is 0.0542 e. The molecule has 1 atom stereocenters. The Morgan fingerprint density at radius 1 is 1.37 bits per heavy atom. The van der Waals surface area contributed by atoms with Gasteiger partial charge in [0.1, 0.15) is 0 Å². The van der Waals surface area contributed by atoms with Crippen LogP contribution in [0.1, 0.15) is 30.5 Å². The van der Waals surface area contributed by atoms with Gasteiger partial charge < -0.3 is 5.32 Å². The summed E-state index contributed by atoms with van der Waals surface area (Å²) in [4.78, 5) is 0. The SMILES string of the molecule is CCCNC(Cc1ccsc1)c1ccc(I)c(Cl)c1. The highest BCUT2D eigenvalue weighted by molar-refractivity contribution is 14.1. The minimum Gasteiger partial charge on any atom is -0.310 e. The van der Waals surface area contributed by atoms with Crippen molar-refractivity contribution in [2.75, 3.05) is 6.54 Å². The molecule has 0 saturated heterocycles. The van der Waals surface area contributed by atoms with Crippen molar-refractivity contribution >= 4 is 45.5 Å². The summed E-state index contributed by atoms with van der Waals surface area (Å²) in [6.07, 6.45) is 2.15. The van der Waals surface area contributed by atoms with Gasteiger partial charge in [0.05, 0.1) is 5.02 Å². The Hall–Kier alpha value is -0.100. The minimum absolute atomic E-state index is 0.337. The van der Waals surface area contributed by atoms with Crippen LogP contribution in [-0.2, 0) is 6.42 Å². The van der Waals surface area contributed by atoms with E-state index in [4.69, 9.17) is 11.6 Å². The Balaban J connectivity index is 2.18. The predicted molar refractivity (Wildman–Crippen MR) is 93.2 cm³/mol. The monoisotopic (exact) mass is 405 g/mol. The van der Waals surface area contributed by atoms with Crippen LogP contribution in [0.5, 0.6) is 0 Å². The van der Waals surface area contributed by atoms with Gasteiger partial charge in [0.25, 0.3) is 0 Å². The molecular formula is C15H17ClINS. The molecule has 0 aliphatic heterocycles. The lowest BCUT2D eigenvalue weighted by atomic mass is 10.0. The molecule has 1 N–H and O–H groups in total. The van der Waals surface area contributed by atoms with Crippen molar-refractivity contribution in [3.8, 4) is 0 Å². The first-order valence-corrected chi connectivity index (χ1v) is 8.80. The third-order valence-corrected chi connectivity index (χ3v) is 5.31. The predicted octanol–water partition coefficient (Wildman–Crippen LogP) is 5.29. The zero-order valence-corrected chi connectivity index (χ0v) is 14.6. The van der Waals surface area contributed by atoms with Crippen molar-refractivity contribution in [2.24, 2.45) is 0 Å². The van der Waals surface area contributed by atoms with Crippen LogP contribution >= 0.6 is 45.5 Å². The lowest BCUT2D eigenvalue weighted by Crippen LogP contribution is -2.24. The highest BCUT2D eigenvalue weighted by Gasteiger charge is 2.13. The topological polar surface area (TPSA) is 12.0 Å². The molecule has 1 aromatic heterocycles. The second kappa shape index (κ2) is 7.62. The van der Waals surface area contributed by atoms with Crippen LogP contribution in [-0.4, -0.2) is 6.54 Å².